The summed E-state index contributed by atoms with van der Waals surface area (Å²) in [6, 6.07) is 4.13. The van der Waals surface area contributed by atoms with Gasteiger partial charge in [0.1, 0.15) is 17.9 Å². The number of hydrogen-bond donors (Lipinski definition) is 0. The van der Waals surface area contributed by atoms with Crippen molar-refractivity contribution in [2.45, 2.75) is 32.8 Å². The quantitative estimate of drug-likeness (QED) is 0.801. The SMILES string of the molecule is CC(C)(C)c1csc(COc2ccc(C=O)cc2F)n1. The van der Waals surface area contributed by atoms with E-state index in [4.69, 9.17) is 4.74 Å². The van der Waals surface area contributed by atoms with Crippen LogP contribution in [-0.2, 0) is 12.0 Å². The summed E-state index contributed by atoms with van der Waals surface area (Å²) in [7, 11) is 0. The van der Waals surface area contributed by atoms with Gasteiger partial charge in [0.2, 0.25) is 0 Å². The number of rotatable bonds is 4. The number of nitrogens with zero attached hydrogens (tertiary/aromatic N) is 1. The van der Waals surface area contributed by atoms with E-state index in [2.05, 4.69) is 25.8 Å². The standard InChI is InChI=1S/C15H16FNO2S/c1-15(2,3)13-9-20-14(17-13)8-19-12-5-4-10(7-18)6-11(12)16/h4-7,9H,8H2,1-3H3. The summed E-state index contributed by atoms with van der Waals surface area (Å²) in [6.07, 6.45) is 0.600. The van der Waals surface area contributed by atoms with E-state index in [-0.39, 0.29) is 17.8 Å². The topological polar surface area (TPSA) is 39.2 Å². The summed E-state index contributed by atoms with van der Waals surface area (Å²) in [4.78, 5) is 15.0. The summed E-state index contributed by atoms with van der Waals surface area (Å²) >= 11 is 1.49. The minimum absolute atomic E-state index is 0.00832. The summed E-state index contributed by atoms with van der Waals surface area (Å²) in [5.74, 6) is -0.412. The molecule has 0 radical (unpaired) electrons. The maximum atomic E-state index is 13.6. The number of benzene rings is 1. The number of hydrogen-bond acceptors (Lipinski definition) is 4. The fraction of sp³-hybridized carbons (Fsp3) is 0.333. The van der Waals surface area contributed by atoms with Crippen molar-refractivity contribution >= 4 is 17.6 Å². The van der Waals surface area contributed by atoms with E-state index in [9.17, 15) is 9.18 Å². The number of thiazole rings is 1. The van der Waals surface area contributed by atoms with E-state index < -0.39 is 5.82 Å². The van der Waals surface area contributed by atoms with Crippen molar-refractivity contribution in [3.8, 4) is 5.75 Å². The first-order valence-electron chi connectivity index (χ1n) is 6.22. The summed E-state index contributed by atoms with van der Waals surface area (Å²) in [6.45, 7) is 6.48. The third-order valence-corrected chi connectivity index (χ3v) is 3.59. The van der Waals surface area contributed by atoms with Crippen molar-refractivity contribution in [3.05, 3.63) is 45.7 Å². The number of aromatic nitrogens is 1. The van der Waals surface area contributed by atoms with Gasteiger partial charge >= 0.3 is 0 Å². The Morgan fingerprint density at radius 2 is 2.15 bits per heavy atom. The molecule has 0 bridgehead atoms. The zero-order valence-corrected chi connectivity index (χ0v) is 12.5. The average Bonchev–Trinajstić information content (AvgIpc) is 2.86. The van der Waals surface area contributed by atoms with Crippen molar-refractivity contribution in [1.82, 2.24) is 4.98 Å². The fourth-order valence-electron chi connectivity index (χ4n) is 1.57. The Bertz CT molecular complexity index is 617. The van der Waals surface area contributed by atoms with Gasteiger partial charge in [-0.2, -0.15) is 0 Å². The monoisotopic (exact) mass is 293 g/mol. The molecule has 5 heteroatoms. The van der Waals surface area contributed by atoms with Crippen LogP contribution in [0.3, 0.4) is 0 Å². The van der Waals surface area contributed by atoms with E-state index in [0.29, 0.717) is 11.8 Å². The van der Waals surface area contributed by atoms with Gasteiger partial charge in [-0.05, 0) is 18.2 Å². The molecule has 1 aromatic heterocycles. The zero-order chi connectivity index (χ0) is 14.8. The van der Waals surface area contributed by atoms with Crippen molar-refractivity contribution in [1.29, 1.82) is 0 Å². The molecule has 0 aliphatic heterocycles. The molecule has 0 fully saturated rings. The minimum atomic E-state index is -0.540. The normalized spacial score (nSPS) is 11.4. The number of halogens is 1. The summed E-state index contributed by atoms with van der Waals surface area (Å²) in [5, 5.41) is 2.79. The highest BCUT2D eigenvalue weighted by molar-refractivity contribution is 7.09. The van der Waals surface area contributed by atoms with Gasteiger partial charge in [-0.3, -0.25) is 4.79 Å². The lowest BCUT2D eigenvalue weighted by atomic mass is 9.93. The molecule has 0 N–H and O–H groups in total. The number of aldehydes is 1. The Morgan fingerprint density at radius 1 is 1.40 bits per heavy atom. The van der Waals surface area contributed by atoms with Gasteiger partial charge in [-0.25, -0.2) is 9.37 Å². The van der Waals surface area contributed by atoms with E-state index in [1.165, 1.54) is 23.5 Å². The van der Waals surface area contributed by atoms with E-state index >= 15 is 0 Å². The zero-order valence-electron chi connectivity index (χ0n) is 11.6. The van der Waals surface area contributed by atoms with Crippen molar-refractivity contribution in [3.63, 3.8) is 0 Å². The summed E-state index contributed by atoms with van der Waals surface area (Å²) < 4.78 is 19.0. The van der Waals surface area contributed by atoms with Crippen LogP contribution >= 0.6 is 11.3 Å². The second-order valence-electron chi connectivity index (χ2n) is 5.47. The first-order valence-corrected chi connectivity index (χ1v) is 7.10. The largest absolute Gasteiger partial charge is 0.483 e. The van der Waals surface area contributed by atoms with Gasteiger partial charge in [-0.15, -0.1) is 11.3 Å². The number of carbonyl (C=O) groups excluding carboxylic acids is 1. The average molecular weight is 293 g/mol. The molecule has 3 nitrogen and oxygen atoms in total. The number of carbonyl (C=O) groups is 1. The van der Waals surface area contributed by atoms with Gasteiger partial charge < -0.3 is 4.74 Å². The Hall–Kier alpha value is -1.75. The lowest BCUT2D eigenvalue weighted by Crippen LogP contribution is -2.11. The molecule has 2 rings (SSSR count). The van der Waals surface area contributed by atoms with Crippen LogP contribution in [0.4, 0.5) is 4.39 Å². The van der Waals surface area contributed by atoms with E-state index in [1.54, 1.807) is 0 Å². The molecule has 0 atom stereocenters. The predicted octanol–water partition coefficient (Wildman–Crippen LogP) is 3.97. The molecule has 0 spiro atoms. The van der Waals surface area contributed by atoms with Crippen molar-refractivity contribution in [2.75, 3.05) is 0 Å². The van der Waals surface area contributed by atoms with Crippen LogP contribution in [0.25, 0.3) is 0 Å². The first kappa shape index (κ1) is 14.7. The smallest absolute Gasteiger partial charge is 0.165 e. The lowest BCUT2D eigenvalue weighted by Gasteiger charge is -2.14. The van der Waals surface area contributed by atoms with Crippen LogP contribution in [0, 0.1) is 5.82 Å². The van der Waals surface area contributed by atoms with Crippen molar-refractivity contribution < 1.29 is 13.9 Å². The highest BCUT2D eigenvalue weighted by atomic mass is 32.1. The summed E-state index contributed by atoms with van der Waals surface area (Å²) in [5.41, 5.74) is 1.28. The molecule has 106 valence electrons. The second kappa shape index (κ2) is 5.71. The fourth-order valence-corrected chi connectivity index (χ4v) is 2.50. The predicted molar refractivity (Wildman–Crippen MR) is 76.9 cm³/mol. The lowest BCUT2D eigenvalue weighted by molar-refractivity contribution is 0.112. The third-order valence-electron chi connectivity index (χ3n) is 2.76. The molecule has 0 saturated heterocycles. The molecule has 0 saturated carbocycles. The molecule has 0 unspecified atom stereocenters. The van der Waals surface area contributed by atoms with Crippen molar-refractivity contribution in [2.24, 2.45) is 0 Å². The molecule has 2 aromatic rings. The molecule has 1 aromatic carbocycles. The maximum Gasteiger partial charge on any atom is 0.165 e. The van der Waals surface area contributed by atoms with E-state index in [0.717, 1.165) is 16.8 Å². The van der Waals surface area contributed by atoms with Crippen LogP contribution in [0.2, 0.25) is 0 Å². The third kappa shape index (κ3) is 3.42. The van der Waals surface area contributed by atoms with Crippen LogP contribution in [0.5, 0.6) is 5.75 Å². The van der Waals surface area contributed by atoms with Gasteiger partial charge in [0.25, 0.3) is 0 Å². The van der Waals surface area contributed by atoms with Crippen LogP contribution < -0.4 is 4.74 Å². The molecule has 0 aliphatic rings. The highest BCUT2D eigenvalue weighted by Gasteiger charge is 2.17. The van der Waals surface area contributed by atoms with Gasteiger partial charge in [0.05, 0.1) is 5.69 Å². The van der Waals surface area contributed by atoms with Gasteiger partial charge in [0, 0.05) is 16.4 Å². The Morgan fingerprint density at radius 3 is 2.70 bits per heavy atom. The molecular weight excluding hydrogens is 277 g/mol. The maximum absolute atomic E-state index is 13.6. The Balaban J connectivity index is 2.05. The molecule has 20 heavy (non-hydrogen) atoms. The molecule has 0 amide bonds. The van der Waals surface area contributed by atoms with Crippen LogP contribution in [0.1, 0.15) is 41.8 Å². The molecular formula is C15H16FNO2S. The van der Waals surface area contributed by atoms with Crippen LogP contribution in [-0.4, -0.2) is 11.3 Å². The van der Waals surface area contributed by atoms with Gasteiger partial charge in [0.15, 0.2) is 11.6 Å². The Kier molecular flexibility index (Phi) is 4.18. The Labute approximate surface area is 121 Å². The van der Waals surface area contributed by atoms with Crippen LogP contribution in [0.15, 0.2) is 23.6 Å². The molecule has 1 heterocycles. The van der Waals surface area contributed by atoms with Gasteiger partial charge in [-0.1, -0.05) is 20.8 Å². The second-order valence-corrected chi connectivity index (χ2v) is 6.42. The number of ether oxygens (including phenoxy) is 1. The highest BCUT2D eigenvalue weighted by Crippen LogP contribution is 2.25. The first-order chi connectivity index (χ1) is 9.40. The minimum Gasteiger partial charge on any atom is -0.483 e. The molecule has 0 aliphatic carbocycles. The van der Waals surface area contributed by atoms with E-state index in [1.807, 2.05) is 5.38 Å².